The molecule has 0 spiro atoms. The summed E-state index contributed by atoms with van der Waals surface area (Å²) in [5.74, 6) is -0.597. The highest BCUT2D eigenvalue weighted by Crippen LogP contribution is 2.14. The van der Waals surface area contributed by atoms with Crippen LogP contribution in [0.1, 0.15) is 40.0 Å². The third-order valence-corrected chi connectivity index (χ3v) is 2.44. The van der Waals surface area contributed by atoms with Gasteiger partial charge in [0.1, 0.15) is 6.61 Å². The molecule has 1 amide bonds. The lowest BCUT2D eigenvalue weighted by Gasteiger charge is -2.17. The Labute approximate surface area is 109 Å². The van der Waals surface area contributed by atoms with Gasteiger partial charge in [-0.05, 0) is 24.7 Å². The number of hydrogen-bond donors (Lipinski definition) is 2. The molecule has 5 heteroatoms. The first-order valence-corrected chi connectivity index (χ1v) is 6.51. The van der Waals surface area contributed by atoms with E-state index >= 15 is 0 Å². The van der Waals surface area contributed by atoms with Gasteiger partial charge < -0.3 is 15.2 Å². The molecule has 0 aliphatic heterocycles. The first kappa shape index (κ1) is 16.9. The lowest BCUT2D eigenvalue weighted by atomic mass is 9.94. The molecule has 0 aliphatic rings. The van der Waals surface area contributed by atoms with Gasteiger partial charge in [-0.3, -0.25) is 9.59 Å². The molecular weight excluding hydrogens is 234 g/mol. The minimum atomic E-state index is -0.822. The predicted molar refractivity (Wildman–Crippen MR) is 69.3 cm³/mol. The molecule has 0 aliphatic carbocycles. The number of hydrogen-bond acceptors (Lipinski definition) is 3. The molecule has 0 saturated carbocycles. The van der Waals surface area contributed by atoms with Crippen LogP contribution in [0, 0.1) is 11.8 Å². The van der Waals surface area contributed by atoms with Crippen molar-refractivity contribution in [1.29, 1.82) is 0 Å². The number of carboxylic acids is 1. The Morgan fingerprint density at radius 3 is 2.50 bits per heavy atom. The van der Waals surface area contributed by atoms with Crippen LogP contribution in [0.5, 0.6) is 0 Å². The summed E-state index contributed by atoms with van der Waals surface area (Å²) in [5, 5.41) is 11.5. The second kappa shape index (κ2) is 9.88. The molecule has 0 aromatic carbocycles. The Bertz CT molecular complexity index is 253. The van der Waals surface area contributed by atoms with Crippen LogP contribution in [0.3, 0.4) is 0 Å². The van der Waals surface area contributed by atoms with Crippen molar-refractivity contribution in [1.82, 2.24) is 5.32 Å². The largest absolute Gasteiger partial charge is 0.481 e. The highest BCUT2D eigenvalue weighted by Gasteiger charge is 2.15. The van der Waals surface area contributed by atoms with Crippen molar-refractivity contribution in [3.05, 3.63) is 0 Å². The molecule has 5 nitrogen and oxygen atoms in total. The van der Waals surface area contributed by atoms with E-state index < -0.39 is 5.97 Å². The van der Waals surface area contributed by atoms with Crippen LogP contribution in [-0.4, -0.2) is 36.7 Å². The van der Waals surface area contributed by atoms with Crippen molar-refractivity contribution >= 4 is 11.9 Å². The van der Waals surface area contributed by atoms with Crippen LogP contribution >= 0.6 is 0 Å². The number of carboxylic acid groups (broad SMARTS) is 1. The monoisotopic (exact) mass is 259 g/mol. The van der Waals surface area contributed by atoms with E-state index in [1.165, 1.54) is 0 Å². The summed E-state index contributed by atoms with van der Waals surface area (Å²) in [6, 6.07) is 0. The quantitative estimate of drug-likeness (QED) is 0.585. The first-order valence-electron chi connectivity index (χ1n) is 6.51. The fourth-order valence-corrected chi connectivity index (χ4v) is 1.77. The van der Waals surface area contributed by atoms with Gasteiger partial charge in [0.15, 0.2) is 0 Å². The van der Waals surface area contributed by atoms with Crippen molar-refractivity contribution < 1.29 is 19.4 Å². The Hall–Kier alpha value is -1.10. The smallest absolute Gasteiger partial charge is 0.303 e. The normalized spacial score (nSPS) is 12.4. The average Bonchev–Trinajstić information content (AvgIpc) is 2.25. The first-order chi connectivity index (χ1) is 8.45. The van der Waals surface area contributed by atoms with Crippen molar-refractivity contribution in [3.8, 4) is 0 Å². The van der Waals surface area contributed by atoms with Gasteiger partial charge in [-0.25, -0.2) is 0 Å². The zero-order valence-corrected chi connectivity index (χ0v) is 11.6. The van der Waals surface area contributed by atoms with Crippen LogP contribution in [0.15, 0.2) is 0 Å². The SMILES string of the molecule is CCCOCC(=O)NC[C@H](CC(=O)O)CC(C)C. The summed E-state index contributed by atoms with van der Waals surface area (Å²) in [5.41, 5.74) is 0. The van der Waals surface area contributed by atoms with E-state index in [9.17, 15) is 9.59 Å². The lowest BCUT2D eigenvalue weighted by Crippen LogP contribution is -2.33. The lowest BCUT2D eigenvalue weighted by molar-refractivity contribution is -0.138. The fourth-order valence-electron chi connectivity index (χ4n) is 1.77. The average molecular weight is 259 g/mol. The Kier molecular flexibility index (Phi) is 9.28. The van der Waals surface area contributed by atoms with Gasteiger partial charge in [-0.1, -0.05) is 20.8 Å². The van der Waals surface area contributed by atoms with Crippen LogP contribution in [0.2, 0.25) is 0 Å². The van der Waals surface area contributed by atoms with Crippen molar-refractivity contribution in [2.24, 2.45) is 11.8 Å². The number of amides is 1. The molecule has 0 aromatic rings. The maximum absolute atomic E-state index is 11.4. The zero-order chi connectivity index (χ0) is 14.0. The summed E-state index contributed by atoms with van der Waals surface area (Å²) in [4.78, 5) is 22.1. The van der Waals surface area contributed by atoms with Gasteiger partial charge in [-0.15, -0.1) is 0 Å². The van der Waals surface area contributed by atoms with Gasteiger partial charge in [0.05, 0.1) is 0 Å². The Morgan fingerprint density at radius 2 is 2.00 bits per heavy atom. The highest BCUT2D eigenvalue weighted by molar-refractivity contribution is 5.77. The molecule has 0 unspecified atom stereocenters. The molecule has 106 valence electrons. The molecule has 0 fully saturated rings. The third kappa shape index (κ3) is 10.1. The summed E-state index contributed by atoms with van der Waals surface area (Å²) >= 11 is 0. The molecule has 18 heavy (non-hydrogen) atoms. The maximum atomic E-state index is 11.4. The van der Waals surface area contributed by atoms with Gasteiger partial charge in [0.2, 0.25) is 5.91 Å². The van der Waals surface area contributed by atoms with Crippen LogP contribution in [0.25, 0.3) is 0 Å². The topological polar surface area (TPSA) is 75.6 Å². The number of ether oxygens (including phenoxy) is 1. The molecule has 0 saturated heterocycles. The molecule has 1 atom stereocenters. The number of nitrogens with one attached hydrogen (secondary N) is 1. The third-order valence-electron chi connectivity index (χ3n) is 2.44. The maximum Gasteiger partial charge on any atom is 0.303 e. The number of carbonyl (C=O) groups excluding carboxylic acids is 1. The molecule has 0 rings (SSSR count). The minimum Gasteiger partial charge on any atom is -0.481 e. The summed E-state index contributed by atoms with van der Waals surface area (Å²) in [7, 11) is 0. The number of aliphatic carboxylic acids is 1. The molecule has 2 N–H and O–H groups in total. The van der Waals surface area contributed by atoms with Crippen molar-refractivity contribution in [3.63, 3.8) is 0 Å². The fraction of sp³-hybridized carbons (Fsp3) is 0.846. The molecular formula is C13H25NO4. The number of rotatable bonds is 10. The van der Waals surface area contributed by atoms with Gasteiger partial charge in [0.25, 0.3) is 0 Å². The second-order valence-electron chi connectivity index (χ2n) is 4.95. The summed E-state index contributed by atoms with van der Waals surface area (Å²) in [6.07, 6.45) is 1.76. The van der Waals surface area contributed by atoms with Crippen LogP contribution in [0.4, 0.5) is 0 Å². The zero-order valence-electron chi connectivity index (χ0n) is 11.6. The van der Waals surface area contributed by atoms with Gasteiger partial charge >= 0.3 is 5.97 Å². The van der Waals surface area contributed by atoms with Crippen LogP contribution in [-0.2, 0) is 14.3 Å². The van der Waals surface area contributed by atoms with E-state index in [0.717, 1.165) is 12.8 Å². The van der Waals surface area contributed by atoms with E-state index in [2.05, 4.69) is 5.32 Å². The Balaban J connectivity index is 3.93. The van der Waals surface area contributed by atoms with E-state index in [0.29, 0.717) is 19.1 Å². The van der Waals surface area contributed by atoms with Crippen molar-refractivity contribution in [2.45, 2.75) is 40.0 Å². The van der Waals surface area contributed by atoms with Gasteiger partial charge in [0, 0.05) is 19.6 Å². The summed E-state index contributed by atoms with van der Waals surface area (Å²) in [6.45, 7) is 7.08. The standard InChI is InChI=1S/C13H25NO4/c1-4-5-18-9-12(15)14-8-11(6-10(2)3)7-13(16)17/h10-11H,4-9H2,1-3H3,(H,14,15)(H,16,17)/t11-/m0/s1. The van der Waals surface area contributed by atoms with Crippen molar-refractivity contribution in [2.75, 3.05) is 19.8 Å². The van der Waals surface area contributed by atoms with E-state index in [1.807, 2.05) is 20.8 Å². The van der Waals surface area contributed by atoms with E-state index in [1.54, 1.807) is 0 Å². The molecule has 0 radical (unpaired) electrons. The van der Waals surface area contributed by atoms with E-state index in [4.69, 9.17) is 9.84 Å². The summed E-state index contributed by atoms with van der Waals surface area (Å²) < 4.78 is 5.11. The molecule has 0 aromatic heterocycles. The Morgan fingerprint density at radius 1 is 1.33 bits per heavy atom. The van der Waals surface area contributed by atoms with E-state index in [-0.39, 0.29) is 24.9 Å². The minimum absolute atomic E-state index is 0.0161. The molecule has 0 heterocycles. The van der Waals surface area contributed by atoms with Crippen LogP contribution < -0.4 is 5.32 Å². The molecule has 0 bridgehead atoms. The van der Waals surface area contributed by atoms with Gasteiger partial charge in [-0.2, -0.15) is 0 Å². The predicted octanol–water partition coefficient (Wildman–Crippen LogP) is 1.67. The number of carbonyl (C=O) groups is 2. The second-order valence-corrected chi connectivity index (χ2v) is 4.95. The highest BCUT2D eigenvalue weighted by atomic mass is 16.5.